The predicted octanol–water partition coefficient (Wildman–Crippen LogP) is 6.64. The fourth-order valence-electron chi connectivity index (χ4n) is 4.74. The molecule has 180 valence electrons. The smallest absolute Gasteiger partial charge is 0.340 e. The van der Waals surface area contributed by atoms with Crippen molar-refractivity contribution in [2.24, 2.45) is 0 Å². The van der Waals surface area contributed by atoms with E-state index in [1.807, 2.05) is 98.0 Å². The maximum atomic E-state index is 14.1. The number of aromatic nitrogens is 1. The topological polar surface area (TPSA) is 57.0 Å². The number of benzene rings is 3. The number of ketones is 1. The molecule has 0 aliphatic heterocycles. The molecule has 5 aromatic rings. The summed E-state index contributed by atoms with van der Waals surface area (Å²) in [5.41, 5.74) is 3.64. The van der Waals surface area contributed by atoms with Crippen LogP contribution in [0.4, 0.5) is 0 Å². The molecule has 0 radical (unpaired) electrons. The Bertz CT molecular complexity index is 1560. The second kappa shape index (κ2) is 10.1. The molecule has 0 saturated carbocycles. The summed E-state index contributed by atoms with van der Waals surface area (Å²) in [6.45, 7) is 4.29. The van der Waals surface area contributed by atoms with Crippen LogP contribution in [0.5, 0.6) is 5.75 Å². The van der Waals surface area contributed by atoms with Gasteiger partial charge in [-0.25, -0.2) is 4.79 Å². The summed E-state index contributed by atoms with van der Waals surface area (Å²) < 4.78 is 13.4. The molecule has 2 aromatic heterocycles. The second-order valence-corrected chi connectivity index (χ2v) is 8.50. The van der Waals surface area contributed by atoms with Gasteiger partial charge in [-0.2, -0.15) is 0 Å². The monoisotopic (exact) mass is 477 g/mol. The molecular formula is C31H27NO4. The van der Waals surface area contributed by atoms with Crippen LogP contribution in [-0.2, 0) is 17.8 Å². The van der Waals surface area contributed by atoms with Gasteiger partial charge in [-0.1, -0.05) is 79.7 Å². The van der Waals surface area contributed by atoms with E-state index in [1.165, 1.54) is 0 Å². The third-order valence-corrected chi connectivity index (χ3v) is 6.34. The standard InChI is InChI=1S/C31H27NO4/c1-3-23-27(31(34)35-4-2)29-26(36-20-21-12-6-5-7-13-21)18-11-19-32(29)28(23)30(33)25-17-10-15-22-14-8-9-16-24(22)25/h5-19H,3-4,20H2,1-2H3. The van der Waals surface area contributed by atoms with Crippen molar-refractivity contribution in [1.29, 1.82) is 0 Å². The number of esters is 1. The number of hydrogen-bond donors (Lipinski definition) is 0. The molecule has 5 nitrogen and oxygen atoms in total. The van der Waals surface area contributed by atoms with E-state index in [9.17, 15) is 9.59 Å². The Kier molecular flexibility index (Phi) is 6.54. The summed E-state index contributed by atoms with van der Waals surface area (Å²) in [6.07, 6.45) is 2.30. The molecule has 0 spiro atoms. The van der Waals surface area contributed by atoms with E-state index in [0.717, 1.165) is 16.3 Å². The maximum absolute atomic E-state index is 14.1. The van der Waals surface area contributed by atoms with Crippen LogP contribution in [0.3, 0.4) is 0 Å². The van der Waals surface area contributed by atoms with Crippen LogP contribution < -0.4 is 4.74 Å². The van der Waals surface area contributed by atoms with Crippen molar-refractivity contribution in [1.82, 2.24) is 4.40 Å². The van der Waals surface area contributed by atoms with Crippen LogP contribution in [-0.4, -0.2) is 22.8 Å². The number of pyridine rings is 1. The molecule has 0 unspecified atom stereocenters. The molecule has 5 heteroatoms. The summed E-state index contributed by atoms with van der Waals surface area (Å²) in [5.74, 6) is -0.0786. The molecule has 0 fully saturated rings. The summed E-state index contributed by atoms with van der Waals surface area (Å²) in [6, 6.07) is 27.0. The molecule has 0 aliphatic carbocycles. The van der Waals surface area contributed by atoms with Gasteiger partial charge in [0.1, 0.15) is 17.9 Å². The number of ether oxygens (including phenoxy) is 2. The van der Waals surface area contributed by atoms with Crippen molar-refractivity contribution < 1.29 is 19.1 Å². The van der Waals surface area contributed by atoms with Crippen molar-refractivity contribution in [3.05, 3.63) is 119 Å². The number of rotatable bonds is 8. The van der Waals surface area contributed by atoms with Crippen molar-refractivity contribution in [3.8, 4) is 5.75 Å². The van der Waals surface area contributed by atoms with Crippen molar-refractivity contribution >= 4 is 28.0 Å². The molecule has 0 amide bonds. The summed E-state index contributed by atoms with van der Waals surface area (Å²) in [4.78, 5) is 27.4. The van der Waals surface area contributed by atoms with Gasteiger partial charge in [-0.3, -0.25) is 4.79 Å². The molecule has 0 N–H and O–H groups in total. The van der Waals surface area contributed by atoms with Crippen LogP contribution in [0.15, 0.2) is 91.1 Å². The van der Waals surface area contributed by atoms with Gasteiger partial charge in [0.25, 0.3) is 0 Å². The first-order valence-corrected chi connectivity index (χ1v) is 12.2. The summed E-state index contributed by atoms with van der Waals surface area (Å²) >= 11 is 0. The van der Waals surface area contributed by atoms with E-state index in [1.54, 1.807) is 11.3 Å². The molecule has 2 heterocycles. The maximum Gasteiger partial charge on any atom is 0.340 e. The van der Waals surface area contributed by atoms with E-state index < -0.39 is 5.97 Å². The fourth-order valence-corrected chi connectivity index (χ4v) is 4.74. The van der Waals surface area contributed by atoms with Crippen LogP contribution >= 0.6 is 0 Å². The number of carbonyl (C=O) groups is 2. The van der Waals surface area contributed by atoms with Gasteiger partial charge in [-0.05, 0) is 47.4 Å². The zero-order valence-electron chi connectivity index (χ0n) is 20.4. The third-order valence-electron chi connectivity index (χ3n) is 6.34. The molecule has 0 saturated heterocycles. The lowest BCUT2D eigenvalue weighted by molar-refractivity contribution is 0.0527. The molecule has 36 heavy (non-hydrogen) atoms. The number of hydrogen-bond acceptors (Lipinski definition) is 4. The largest absolute Gasteiger partial charge is 0.487 e. The normalized spacial score (nSPS) is 11.1. The Morgan fingerprint density at radius 1 is 0.833 bits per heavy atom. The quantitative estimate of drug-likeness (QED) is 0.186. The highest BCUT2D eigenvalue weighted by atomic mass is 16.5. The zero-order chi connectivity index (χ0) is 25.1. The SMILES string of the molecule is CCOC(=O)c1c(CC)c(C(=O)c2cccc3ccccc23)n2cccc(OCc3ccccc3)c12. The predicted molar refractivity (Wildman–Crippen MR) is 141 cm³/mol. The Morgan fingerprint density at radius 2 is 1.58 bits per heavy atom. The molecule has 3 aromatic carbocycles. The minimum atomic E-state index is -0.459. The average molecular weight is 478 g/mol. The van der Waals surface area contributed by atoms with E-state index >= 15 is 0 Å². The first-order valence-electron chi connectivity index (χ1n) is 12.2. The molecular weight excluding hydrogens is 450 g/mol. The average Bonchev–Trinajstić information content (AvgIpc) is 3.27. The van der Waals surface area contributed by atoms with E-state index in [-0.39, 0.29) is 12.4 Å². The Labute approximate surface area is 209 Å². The van der Waals surface area contributed by atoms with Crippen molar-refractivity contribution in [2.75, 3.05) is 6.61 Å². The molecule has 5 rings (SSSR count). The fraction of sp³-hybridized carbons (Fsp3) is 0.161. The first-order chi connectivity index (χ1) is 17.6. The van der Waals surface area contributed by atoms with E-state index in [2.05, 4.69) is 0 Å². The van der Waals surface area contributed by atoms with Gasteiger partial charge >= 0.3 is 5.97 Å². The number of fused-ring (bicyclic) bond motifs is 2. The van der Waals surface area contributed by atoms with E-state index in [4.69, 9.17) is 9.47 Å². The van der Waals surface area contributed by atoms with Crippen molar-refractivity contribution in [3.63, 3.8) is 0 Å². The molecule has 0 atom stereocenters. The number of nitrogens with zero attached hydrogens (tertiary/aromatic N) is 1. The highest BCUT2D eigenvalue weighted by molar-refractivity contribution is 6.18. The Hall–Kier alpha value is -4.38. The minimum Gasteiger partial charge on any atom is -0.487 e. The van der Waals surface area contributed by atoms with Gasteiger partial charge in [0.05, 0.1) is 17.9 Å². The van der Waals surface area contributed by atoms with Gasteiger partial charge in [-0.15, -0.1) is 0 Å². The molecule has 0 bridgehead atoms. The lowest BCUT2D eigenvalue weighted by Gasteiger charge is -2.11. The summed E-state index contributed by atoms with van der Waals surface area (Å²) in [7, 11) is 0. The lowest BCUT2D eigenvalue weighted by Crippen LogP contribution is -2.10. The van der Waals surface area contributed by atoms with Gasteiger partial charge < -0.3 is 13.9 Å². The zero-order valence-corrected chi connectivity index (χ0v) is 20.4. The minimum absolute atomic E-state index is 0.144. The van der Waals surface area contributed by atoms with Crippen LogP contribution in [0.2, 0.25) is 0 Å². The summed E-state index contributed by atoms with van der Waals surface area (Å²) in [5, 5.41) is 1.86. The number of carbonyl (C=O) groups excluding carboxylic acids is 2. The Balaban J connectivity index is 1.72. The molecule has 0 aliphatic rings. The van der Waals surface area contributed by atoms with E-state index in [0.29, 0.717) is 46.7 Å². The second-order valence-electron chi connectivity index (χ2n) is 8.50. The first kappa shape index (κ1) is 23.4. The third kappa shape index (κ3) is 4.13. The van der Waals surface area contributed by atoms with Gasteiger partial charge in [0, 0.05) is 11.8 Å². The highest BCUT2D eigenvalue weighted by Gasteiger charge is 2.30. The highest BCUT2D eigenvalue weighted by Crippen LogP contribution is 2.34. The van der Waals surface area contributed by atoms with Crippen LogP contribution in [0.1, 0.15) is 51.4 Å². The van der Waals surface area contributed by atoms with Crippen molar-refractivity contribution in [2.45, 2.75) is 26.9 Å². The van der Waals surface area contributed by atoms with Crippen LogP contribution in [0, 0.1) is 0 Å². The lowest BCUT2D eigenvalue weighted by atomic mass is 9.96. The van der Waals surface area contributed by atoms with Gasteiger partial charge in [0.2, 0.25) is 5.78 Å². The van der Waals surface area contributed by atoms with Gasteiger partial charge in [0.15, 0.2) is 0 Å². The van der Waals surface area contributed by atoms with Crippen LogP contribution in [0.25, 0.3) is 16.3 Å². The Morgan fingerprint density at radius 3 is 2.36 bits per heavy atom.